The Morgan fingerprint density at radius 1 is 1.15 bits per heavy atom. The summed E-state index contributed by atoms with van der Waals surface area (Å²) in [5.41, 5.74) is 2.49. The van der Waals surface area contributed by atoms with Gasteiger partial charge < -0.3 is 20.1 Å². The molecule has 1 aliphatic rings. The summed E-state index contributed by atoms with van der Waals surface area (Å²) in [5.74, 6) is 1.51. The molecule has 3 heterocycles. The summed E-state index contributed by atoms with van der Waals surface area (Å²) in [4.78, 5) is 12.6. The maximum Gasteiger partial charge on any atom is 0.247 e. The Kier molecular flexibility index (Phi) is 4.97. The van der Waals surface area contributed by atoms with Crippen molar-refractivity contribution >= 4 is 22.7 Å². The van der Waals surface area contributed by atoms with Gasteiger partial charge in [-0.2, -0.15) is 10.1 Å². The van der Waals surface area contributed by atoms with Gasteiger partial charge in [0, 0.05) is 49.8 Å². The Bertz CT molecular complexity index is 852. The quantitative estimate of drug-likeness (QED) is 0.709. The number of aromatic nitrogens is 4. The number of hydrogen-bond acceptors (Lipinski definition) is 6. The van der Waals surface area contributed by atoms with Crippen LogP contribution in [-0.2, 0) is 6.42 Å². The van der Waals surface area contributed by atoms with Crippen LogP contribution >= 0.6 is 0 Å². The third-order valence-corrected chi connectivity index (χ3v) is 5.03. The van der Waals surface area contributed by atoms with Gasteiger partial charge in [0.25, 0.3) is 0 Å². The number of likely N-dealkylation sites (N-methyl/N-ethyl adjacent to an activating group) is 1. The van der Waals surface area contributed by atoms with Gasteiger partial charge in [0.15, 0.2) is 5.82 Å². The van der Waals surface area contributed by atoms with Gasteiger partial charge in [0.2, 0.25) is 5.95 Å². The van der Waals surface area contributed by atoms with Crippen molar-refractivity contribution in [2.24, 2.45) is 0 Å². The van der Waals surface area contributed by atoms with Crippen LogP contribution in [0.4, 0.5) is 11.8 Å². The lowest BCUT2D eigenvalue weighted by atomic mass is 10.1. The number of para-hydroxylation sites is 1. The molecule has 7 heteroatoms. The first kappa shape index (κ1) is 16.8. The number of rotatable bonds is 6. The van der Waals surface area contributed by atoms with Crippen LogP contribution < -0.4 is 10.2 Å². The van der Waals surface area contributed by atoms with Crippen LogP contribution in [0.5, 0.6) is 0 Å². The van der Waals surface area contributed by atoms with Crippen molar-refractivity contribution in [3.8, 4) is 0 Å². The minimum atomic E-state index is 0.720. The number of nitrogens with zero attached hydrogens (tertiary/aromatic N) is 5. The molecule has 26 heavy (non-hydrogen) atoms. The van der Waals surface area contributed by atoms with E-state index >= 15 is 0 Å². The second kappa shape index (κ2) is 7.70. The molecule has 4 rings (SSSR count). The Morgan fingerprint density at radius 3 is 2.85 bits per heavy atom. The summed E-state index contributed by atoms with van der Waals surface area (Å²) >= 11 is 0. The van der Waals surface area contributed by atoms with E-state index in [-0.39, 0.29) is 0 Å². The normalized spacial score (nSPS) is 15.5. The van der Waals surface area contributed by atoms with Crippen molar-refractivity contribution < 1.29 is 0 Å². The standard InChI is InChI=1S/C19H25N7/c1-2-25-9-11-26(12-10-25)19-23-18(14-22-24-19)20-8-7-15-13-21-17-6-4-3-5-16(15)17/h3-6,13-14,21H,2,7-12H2,1H3,(H,20,23,24). The highest BCUT2D eigenvalue weighted by atomic mass is 15.4. The Balaban J connectivity index is 1.35. The summed E-state index contributed by atoms with van der Waals surface area (Å²) in [6.45, 7) is 8.12. The predicted octanol–water partition coefficient (Wildman–Crippen LogP) is 2.15. The summed E-state index contributed by atoms with van der Waals surface area (Å²) in [6, 6.07) is 8.38. The van der Waals surface area contributed by atoms with Crippen molar-refractivity contribution in [1.82, 2.24) is 25.1 Å². The second-order valence-corrected chi connectivity index (χ2v) is 6.60. The lowest BCUT2D eigenvalue weighted by Gasteiger charge is -2.33. The zero-order chi connectivity index (χ0) is 17.8. The number of fused-ring (bicyclic) bond motifs is 1. The molecule has 7 nitrogen and oxygen atoms in total. The second-order valence-electron chi connectivity index (χ2n) is 6.60. The molecular weight excluding hydrogens is 326 g/mol. The third kappa shape index (κ3) is 3.62. The van der Waals surface area contributed by atoms with Crippen LogP contribution in [0.15, 0.2) is 36.7 Å². The van der Waals surface area contributed by atoms with Crippen molar-refractivity contribution in [3.05, 3.63) is 42.2 Å². The maximum atomic E-state index is 4.64. The average molecular weight is 351 g/mol. The first-order valence-corrected chi connectivity index (χ1v) is 9.29. The van der Waals surface area contributed by atoms with Gasteiger partial charge in [-0.1, -0.05) is 25.1 Å². The summed E-state index contributed by atoms with van der Waals surface area (Å²) in [5, 5.41) is 13.0. The number of nitrogens with one attached hydrogen (secondary N) is 2. The molecule has 0 bridgehead atoms. The third-order valence-electron chi connectivity index (χ3n) is 5.03. The molecule has 0 atom stereocenters. The zero-order valence-electron chi connectivity index (χ0n) is 15.1. The Morgan fingerprint density at radius 2 is 2.00 bits per heavy atom. The monoisotopic (exact) mass is 351 g/mol. The molecule has 0 saturated carbocycles. The summed E-state index contributed by atoms with van der Waals surface area (Å²) in [6.07, 6.45) is 4.71. The fourth-order valence-electron chi connectivity index (χ4n) is 3.44. The van der Waals surface area contributed by atoms with E-state index in [9.17, 15) is 0 Å². The number of piperazine rings is 1. The van der Waals surface area contributed by atoms with Crippen molar-refractivity contribution in [2.45, 2.75) is 13.3 Å². The van der Waals surface area contributed by atoms with Gasteiger partial charge in [-0.15, -0.1) is 5.10 Å². The maximum absolute atomic E-state index is 4.64. The molecular formula is C19H25N7. The fourth-order valence-corrected chi connectivity index (χ4v) is 3.44. The van der Waals surface area contributed by atoms with E-state index in [1.807, 2.05) is 0 Å². The molecule has 0 unspecified atom stereocenters. The number of benzene rings is 1. The minimum Gasteiger partial charge on any atom is -0.368 e. The Labute approximate surface area is 153 Å². The van der Waals surface area contributed by atoms with Crippen LogP contribution in [0, 0.1) is 0 Å². The number of aromatic amines is 1. The van der Waals surface area contributed by atoms with Crippen LogP contribution in [0.3, 0.4) is 0 Å². The first-order chi connectivity index (χ1) is 12.8. The van der Waals surface area contributed by atoms with Crippen LogP contribution in [0.2, 0.25) is 0 Å². The van der Waals surface area contributed by atoms with Crippen molar-refractivity contribution in [1.29, 1.82) is 0 Å². The summed E-state index contributed by atoms with van der Waals surface area (Å²) < 4.78 is 0. The van der Waals surface area contributed by atoms with Gasteiger partial charge in [-0.3, -0.25) is 0 Å². The molecule has 0 spiro atoms. The summed E-state index contributed by atoms with van der Waals surface area (Å²) in [7, 11) is 0. The highest BCUT2D eigenvalue weighted by Crippen LogP contribution is 2.18. The molecule has 136 valence electrons. The van der Waals surface area contributed by atoms with E-state index in [4.69, 9.17) is 0 Å². The van der Waals surface area contributed by atoms with E-state index in [0.717, 1.165) is 57.5 Å². The molecule has 0 radical (unpaired) electrons. The molecule has 0 amide bonds. The SMILES string of the molecule is CCN1CCN(c2nncc(NCCc3c[nH]c4ccccc34)n2)CC1. The molecule has 1 aliphatic heterocycles. The van der Waals surface area contributed by atoms with E-state index in [0.29, 0.717) is 0 Å². The minimum absolute atomic E-state index is 0.720. The van der Waals surface area contributed by atoms with Crippen LogP contribution in [0.25, 0.3) is 10.9 Å². The van der Waals surface area contributed by atoms with Gasteiger partial charge in [0.1, 0.15) is 0 Å². The smallest absolute Gasteiger partial charge is 0.247 e. The van der Waals surface area contributed by atoms with E-state index < -0.39 is 0 Å². The van der Waals surface area contributed by atoms with E-state index in [2.05, 4.69) is 72.7 Å². The fraction of sp³-hybridized carbons (Fsp3) is 0.421. The lowest BCUT2D eigenvalue weighted by Crippen LogP contribution is -2.46. The molecule has 3 aromatic rings. The number of anilines is 2. The molecule has 0 aliphatic carbocycles. The molecule has 2 N–H and O–H groups in total. The van der Waals surface area contributed by atoms with Crippen molar-refractivity contribution in [3.63, 3.8) is 0 Å². The van der Waals surface area contributed by atoms with E-state index in [1.54, 1.807) is 6.20 Å². The average Bonchev–Trinajstić information content (AvgIpc) is 3.12. The molecule has 1 fully saturated rings. The zero-order valence-corrected chi connectivity index (χ0v) is 15.1. The van der Waals surface area contributed by atoms with Gasteiger partial charge in [-0.05, 0) is 24.6 Å². The molecule has 1 aromatic carbocycles. The Hall–Kier alpha value is -2.67. The first-order valence-electron chi connectivity index (χ1n) is 9.29. The predicted molar refractivity (Wildman–Crippen MR) is 105 cm³/mol. The highest BCUT2D eigenvalue weighted by Gasteiger charge is 2.18. The largest absolute Gasteiger partial charge is 0.368 e. The van der Waals surface area contributed by atoms with Gasteiger partial charge >= 0.3 is 0 Å². The highest BCUT2D eigenvalue weighted by molar-refractivity contribution is 5.83. The topological polar surface area (TPSA) is 73.0 Å². The number of H-pyrrole nitrogens is 1. The van der Waals surface area contributed by atoms with Gasteiger partial charge in [-0.25, -0.2) is 0 Å². The van der Waals surface area contributed by atoms with Crippen molar-refractivity contribution in [2.75, 3.05) is 49.5 Å². The van der Waals surface area contributed by atoms with Crippen LogP contribution in [0.1, 0.15) is 12.5 Å². The molecule has 1 saturated heterocycles. The van der Waals surface area contributed by atoms with E-state index in [1.165, 1.54) is 16.5 Å². The van der Waals surface area contributed by atoms with Gasteiger partial charge in [0.05, 0.1) is 6.20 Å². The number of hydrogen-bond donors (Lipinski definition) is 2. The lowest BCUT2D eigenvalue weighted by molar-refractivity contribution is 0.269. The molecule has 2 aromatic heterocycles. The van der Waals surface area contributed by atoms with Crippen LogP contribution in [-0.4, -0.2) is 64.3 Å².